The van der Waals surface area contributed by atoms with Crippen LogP contribution in [-0.4, -0.2) is 4.98 Å². The molecule has 1 aromatic carbocycles. The molecule has 0 N–H and O–H groups in total. The van der Waals surface area contributed by atoms with Crippen LogP contribution in [0.4, 0.5) is 4.39 Å². The van der Waals surface area contributed by atoms with Gasteiger partial charge in [-0.25, -0.2) is 9.37 Å². The van der Waals surface area contributed by atoms with E-state index in [0.717, 1.165) is 0 Å². The highest BCUT2D eigenvalue weighted by molar-refractivity contribution is 6.42. The summed E-state index contributed by atoms with van der Waals surface area (Å²) in [7, 11) is 0. The smallest absolute Gasteiger partial charge is 0.170 e. The Hall–Kier alpha value is -1.29. The molecule has 6 heteroatoms. The molecule has 2 nitrogen and oxygen atoms in total. The fraction of sp³-hybridized carbons (Fsp3) is 0. The number of nitrogens with zero attached hydrogens (tertiary/aromatic N) is 1. The number of benzene rings is 1. The van der Waals surface area contributed by atoms with Crippen LogP contribution in [0.15, 0.2) is 34.7 Å². The van der Waals surface area contributed by atoms with Crippen molar-refractivity contribution in [2.75, 3.05) is 0 Å². The molecule has 0 saturated carbocycles. The molecule has 3 rings (SSSR count). The van der Waals surface area contributed by atoms with E-state index >= 15 is 0 Å². The molecule has 0 fully saturated rings. The first-order valence-corrected chi connectivity index (χ1v) is 6.39. The van der Waals surface area contributed by atoms with Crippen molar-refractivity contribution >= 4 is 45.8 Å². The van der Waals surface area contributed by atoms with E-state index in [-0.39, 0.29) is 20.8 Å². The predicted molar refractivity (Wildman–Crippen MR) is 74.4 cm³/mol. The van der Waals surface area contributed by atoms with Gasteiger partial charge in [-0.15, -0.1) is 0 Å². The zero-order valence-corrected chi connectivity index (χ0v) is 11.5. The van der Waals surface area contributed by atoms with Gasteiger partial charge in [0, 0.05) is 5.39 Å². The number of rotatable bonds is 1. The summed E-state index contributed by atoms with van der Waals surface area (Å²) in [6, 6.07) is 7.77. The monoisotopic (exact) mass is 315 g/mol. The number of pyridine rings is 1. The highest BCUT2D eigenvalue weighted by Gasteiger charge is 2.15. The highest BCUT2D eigenvalue weighted by atomic mass is 35.5. The third kappa shape index (κ3) is 2.18. The van der Waals surface area contributed by atoms with Crippen molar-refractivity contribution in [3.05, 3.63) is 51.3 Å². The Balaban J connectivity index is 2.25. The minimum atomic E-state index is -0.445. The van der Waals surface area contributed by atoms with Gasteiger partial charge in [-0.05, 0) is 18.2 Å². The lowest BCUT2D eigenvalue weighted by molar-refractivity contribution is 0.567. The summed E-state index contributed by atoms with van der Waals surface area (Å²) in [4.78, 5) is 4.05. The second-order valence-electron chi connectivity index (χ2n) is 3.86. The van der Waals surface area contributed by atoms with Gasteiger partial charge in [-0.1, -0.05) is 46.9 Å². The number of fused-ring (bicyclic) bond motifs is 1. The summed E-state index contributed by atoms with van der Waals surface area (Å²) in [5, 5.41) is 1.27. The topological polar surface area (TPSA) is 26.0 Å². The molecule has 0 aliphatic heterocycles. The van der Waals surface area contributed by atoms with Crippen LogP contribution < -0.4 is 0 Å². The van der Waals surface area contributed by atoms with E-state index in [9.17, 15) is 4.39 Å². The van der Waals surface area contributed by atoms with Gasteiger partial charge in [-0.2, -0.15) is 0 Å². The molecule has 0 aliphatic carbocycles. The molecule has 0 aliphatic rings. The molecule has 19 heavy (non-hydrogen) atoms. The first-order chi connectivity index (χ1) is 9.06. The van der Waals surface area contributed by atoms with Crippen molar-refractivity contribution in [1.82, 2.24) is 4.98 Å². The van der Waals surface area contributed by atoms with Crippen LogP contribution in [0.25, 0.3) is 22.4 Å². The molecular weight excluding hydrogens is 312 g/mol. The molecule has 96 valence electrons. The molecule has 0 amide bonds. The molecule has 0 saturated heterocycles. The number of hydrogen-bond acceptors (Lipinski definition) is 2. The van der Waals surface area contributed by atoms with E-state index in [1.807, 2.05) is 0 Å². The summed E-state index contributed by atoms with van der Waals surface area (Å²) in [5.41, 5.74) is 0.480. The maximum atomic E-state index is 13.6. The van der Waals surface area contributed by atoms with Crippen LogP contribution in [-0.2, 0) is 0 Å². The molecule has 0 atom stereocenters. The van der Waals surface area contributed by atoms with E-state index in [2.05, 4.69) is 4.98 Å². The largest absolute Gasteiger partial charge is 0.451 e. The summed E-state index contributed by atoms with van der Waals surface area (Å²) < 4.78 is 19.0. The van der Waals surface area contributed by atoms with E-state index in [0.29, 0.717) is 16.8 Å². The molecule has 0 radical (unpaired) electrons. The van der Waals surface area contributed by atoms with Gasteiger partial charge in [0.2, 0.25) is 0 Å². The average molecular weight is 317 g/mol. The van der Waals surface area contributed by atoms with Gasteiger partial charge >= 0.3 is 0 Å². The van der Waals surface area contributed by atoms with E-state index in [4.69, 9.17) is 39.2 Å². The lowest BCUT2D eigenvalue weighted by Gasteiger charge is -2.02. The van der Waals surface area contributed by atoms with Crippen LogP contribution in [0.2, 0.25) is 15.2 Å². The molecule has 3 aromatic rings. The number of halogens is 4. The first-order valence-electron chi connectivity index (χ1n) is 5.26. The molecule has 0 bridgehead atoms. The molecule has 0 spiro atoms. The van der Waals surface area contributed by atoms with Crippen molar-refractivity contribution in [2.45, 2.75) is 0 Å². The second kappa shape index (κ2) is 4.67. The maximum Gasteiger partial charge on any atom is 0.170 e. The highest BCUT2D eigenvalue weighted by Crippen LogP contribution is 2.35. The lowest BCUT2D eigenvalue weighted by Crippen LogP contribution is -1.85. The normalized spacial score (nSPS) is 11.2. The van der Waals surface area contributed by atoms with Gasteiger partial charge in [0.1, 0.15) is 10.8 Å². The Kier molecular flexibility index (Phi) is 3.13. The number of para-hydroxylation sites is 1. The van der Waals surface area contributed by atoms with E-state index in [1.54, 1.807) is 18.2 Å². The molecule has 2 heterocycles. The van der Waals surface area contributed by atoms with Crippen LogP contribution in [0.1, 0.15) is 0 Å². The van der Waals surface area contributed by atoms with Gasteiger partial charge < -0.3 is 4.42 Å². The zero-order valence-electron chi connectivity index (χ0n) is 9.25. The van der Waals surface area contributed by atoms with Gasteiger partial charge in [0.05, 0.1) is 10.0 Å². The van der Waals surface area contributed by atoms with E-state index < -0.39 is 5.82 Å². The fourth-order valence-electron chi connectivity index (χ4n) is 1.76. The van der Waals surface area contributed by atoms with Gasteiger partial charge in [0.15, 0.2) is 17.2 Å². The number of furan rings is 1. The third-order valence-corrected chi connectivity index (χ3v) is 3.58. The Morgan fingerprint density at radius 2 is 1.84 bits per heavy atom. The lowest BCUT2D eigenvalue weighted by atomic mass is 10.2. The van der Waals surface area contributed by atoms with Crippen LogP contribution in [0.3, 0.4) is 0 Å². The van der Waals surface area contributed by atoms with Crippen molar-refractivity contribution in [2.24, 2.45) is 0 Å². The first kappa shape index (κ1) is 12.7. The number of aromatic nitrogens is 1. The third-order valence-electron chi connectivity index (χ3n) is 2.62. The molecule has 0 unspecified atom stereocenters. The van der Waals surface area contributed by atoms with Crippen LogP contribution in [0, 0.1) is 5.82 Å². The standard InChI is InChI=1S/C13H5Cl3FNO/c14-7-5-8(15)13(16)18-11(7)10-4-6-2-1-3-9(17)12(6)19-10/h1-5H. The van der Waals surface area contributed by atoms with Crippen LogP contribution in [0.5, 0.6) is 0 Å². The Morgan fingerprint density at radius 1 is 1.05 bits per heavy atom. The summed E-state index contributed by atoms with van der Waals surface area (Å²) in [6.07, 6.45) is 0. The average Bonchev–Trinajstić information content (AvgIpc) is 2.79. The summed E-state index contributed by atoms with van der Waals surface area (Å²) in [6.45, 7) is 0. The predicted octanol–water partition coefficient (Wildman–Crippen LogP) is 5.59. The van der Waals surface area contributed by atoms with Crippen molar-refractivity contribution < 1.29 is 8.81 Å². The van der Waals surface area contributed by atoms with Crippen molar-refractivity contribution in [1.29, 1.82) is 0 Å². The minimum absolute atomic E-state index is 0.113. The second-order valence-corrected chi connectivity index (χ2v) is 5.03. The van der Waals surface area contributed by atoms with Gasteiger partial charge in [-0.3, -0.25) is 0 Å². The van der Waals surface area contributed by atoms with Crippen LogP contribution >= 0.6 is 34.8 Å². The summed E-state index contributed by atoms with van der Waals surface area (Å²) in [5.74, 6) is -0.108. The maximum absolute atomic E-state index is 13.6. The molecule has 2 aromatic heterocycles. The van der Waals surface area contributed by atoms with Crippen molar-refractivity contribution in [3.8, 4) is 11.5 Å². The Morgan fingerprint density at radius 3 is 2.58 bits per heavy atom. The quantitative estimate of drug-likeness (QED) is 0.547. The minimum Gasteiger partial charge on any atom is -0.451 e. The van der Waals surface area contributed by atoms with Gasteiger partial charge in [0.25, 0.3) is 0 Å². The SMILES string of the molecule is Fc1cccc2cc(-c3nc(Cl)c(Cl)cc3Cl)oc12. The molecular formula is C13H5Cl3FNO. The summed E-state index contributed by atoms with van der Waals surface area (Å²) >= 11 is 17.7. The van der Waals surface area contributed by atoms with Crippen molar-refractivity contribution in [3.63, 3.8) is 0 Å². The Labute approximate surface area is 122 Å². The zero-order chi connectivity index (χ0) is 13.6. The Bertz CT molecular complexity index is 785. The number of hydrogen-bond donors (Lipinski definition) is 0. The fourth-order valence-corrected chi connectivity index (χ4v) is 2.35. The van der Waals surface area contributed by atoms with E-state index in [1.165, 1.54) is 12.1 Å².